The lowest BCUT2D eigenvalue weighted by molar-refractivity contribution is -0.133. The van der Waals surface area contributed by atoms with Gasteiger partial charge < -0.3 is 9.64 Å². The third-order valence-electron chi connectivity index (χ3n) is 5.17. The Bertz CT molecular complexity index is 560. The van der Waals surface area contributed by atoms with E-state index in [1.54, 1.807) is 7.11 Å². The molecule has 24 heavy (non-hydrogen) atoms. The Kier molecular flexibility index (Phi) is 5.79. The topological polar surface area (TPSA) is 58.6 Å². The number of carbonyl (C=O) groups is 1. The molecule has 3 rings (SSSR count). The smallest absolute Gasteiger partial charge is 0.222 e. The van der Waals surface area contributed by atoms with Crippen molar-refractivity contribution in [3.63, 3.8) is 0 Å². The summed E-state index contributed by atoms with van der Waals surface area (Å²) in [6, 6.07) is 1.97. The number of amides is 1. The van der Waals surface area contributed by atoms with Crippen LogP contribution in [0.2, 0.25) is 0 Å². The number of aromatic nitrogens is 2. The minimum atomic E-state index is 0.180. The van der Waals surface area contributed by atoms with Crippen LogP contribution in [0, 0.1) is 12.8 Å². The average molecular weight is 332 g/mol. The van der Waals surface area contributed by atoms with Crippen LogP contribution in [0.1, 0.15) is 37.2 Å². The minimum absolute atomic E-state index is 0.180. The molecule has 0 bridgehead atoms. The van der Waals surface area contributed by atoms with Crippen molar-refractivity contribution in [1.29, 1.82) is 0 Å². The monoisotopic (exact) mass is 332 g/mol. The Morgan fingerprint density at radius 1 is 1.33 bits per heavy atom. The molecule has 0 N–H and O–H groups in total. The number of piperidine rings is 1. The average Bonchev–Trinajstić information content (AvgIpc) is 3.10. The van der Waals surface area contributed by atoms with Gasteiger partial charge in [-0.15, -0.1) is 0 Å². The maximum absolute atomic E-state index is 12.5. The molecule has 2 aliphatic rings. The van der Waals surface area contributed by atoms with Crippen molar-refractivity contribution in [2.45, 2.75) is 45.3 Å². The van der Waals surface area contributed by atoms with Crippen LogP contribution >= 0.6 is 0 Å². The van der Waals surface area contributed by atoms with E-state index in [1.807, 2.05) is 24.1 Å². The van der Waals surface area contributed by atoms with Gasteiger partial charge in [0.2, 0.25) is 5.91 Å². The Balaban J connectivity index is 1.59. The van der Waals surface area contributed by atoms with Gasteiger partial charge in [-0.05, 0) is 32.3 Å². The summed E-state index contributed by atoms with van der Waals surface area (Å²) in [4.78, 5) is 25.6. The molecule has 132 valence electrons. The van der Waals surface area contributed by atoms with Crippen LogP contribution < -0.4 is 0 Å². The predicted molar refractivity (Wildman–Crippen MR) is 91.4 cm³/mol. The Labute approximate surface area is 144 Å². The second-order valence-corrected chi connectivity index (χ2v) is 6.95. The first kappa shape index (κ1) is 17.3. The normalized spacial score (nSPS) is 25.2. The number of methoxy groups -OCH3 is 1. The van der Waals surface area contributed by atoms with E-state index in [0.717, 1.165) is 63.5 Å². The maximum Gasteiger partial charge on any atom is 0.222 e. The van der Waals surface area contributed by atoms with Crippen molar-refractivity contribution in [3.8, 4) is 0 Å². The molecule has 6 nitrogen and oxygen atoms in total. The van der Waals surface area contributed by atoms with Gasteiger partial charge in [0.05, 0.1) is 11.8 Å². The van der Waals surface area contributed by atoms with E-state index in [1.165, 1.54) is 0 Å². The molecule has 0 spiro atoms. The molecule has 2 fully saturated rings. The molecule has 1 amide bonds. The summed E-state index contributed by atoms with van der Waals surface area (Å²) < 4.78 is 5.66. The van der Waals surface area contributed by atoms with E-state index < -0.39 is 0 Å². The summed E-state index contributed by atoms with van der Waals surface area (Å²) in [6.45, 7) is 6.45. The van der Waals surface area contributed by atoms with E-state index in [2.05, 4.69) is 14.9 Å². The van der Waals surface area contributed by atoms with Crippen LogP contribution in [-0.4, -0.2) is 65.1 Å². The van der Waals surface area contributed by atoms with Crippen molar-refractivity contribution >= 4 is 5.91 Å². The van der Waals surface area contributed by atoms with Crippen molar-refractivity contribution in [3.05, 3.63) is 23.8 Å². The highest BCUT2D eigenvalue weighted by molar-refractivity contribution is 5.76. The zero-order valence-electron chi connectivity index (χ0n) is 14.8. The molecule has 2 aliphatic heterocycles. The van der Waals surface area contributed by atoms with Gasteiger partial charge in [-0.3, -0.25) is 9.69 Å². The standard InChI is InChI=1S/C18H28N4O2/c1-14-19-7-5-16(20-14)13-21-10-6-17(24-2)15(12-21)11-18(23)22-8-3-4-9-22/h5,7,15,17H,3-4,6,8-13H2,1-2H3/t15-,17-/m1/s1. The predicted octanol–water partition coefficient (Wildman–Crippen LogP) is 1.63. The fraction of sp³-hybridized carbons (Fsp3) is 0.722. The highest BCUT2D eigenvalue weighted by atomic mass is 16.5. The second-order valence-electron chi connectivity index (χ2n) is 6.95. The maximum atomic E-state index is 12.5. The number of hydrogen-bond donors (Lipinski definition) is 0. The number of hydrogen-bond acceptors (Lipinski definition) is 5. The molecule has 0 saturated carbocycles. The first-order valence-corrected chi connectivity index (χ1v) is 8.97. The summed E-state index contributed by atoms with van der Waals surface area (Å²) in [6.07, 6.45) is 5.84. The zero-order valence-corrected chi connectivity index (χ0v) is 14.8. The number of ether oxygens (including phenoxy) is 1. The third kappa shape index (κ3) is 4.30. The second kappa shape index (κ2) is 8.03. The van der Waals surface area contributed by atoms with Gasteiger partial charge in [-0.2, -0.15) is 0 Å². The summed E-state index contributed by atoms with van der Waals surface area (Å²) in [7, 11) is 1.77. The van der Waals surface area contributed by atoms with Gasteiger partial charge >= 0.3 is 0 Å². The van der Waals surface area contributed by atoms with Gasteiger partial charge in [0.1, 0.15) is 5.82 Å². The summed E-state index contributed by atoms with van der Waals surface area (Å²) in [5.74, 6) is 1.36. The fourth-order valence-electron chi connectivity index (χ4n) is 3.88. The first-order valence-electron chi connectivity index (χ1n) is 8.97. The quantitative estimate of drug-likeness (QED) is 0.820. The van der Waals surface area contributed by atoms with E-state index >= 15 is 0 Å². The third-order valence-corrected chi connectivity index (χ3v) is 5.17. The largest absolute Gasteiger partial charge is 0.381 e. The van der Waals surface area contributed by atoms with Gasteiger partial charge in [-0.1, -0.05) is 0 Å². The Morgan fingerprint density at radius 2 is 2.12 bits per heavy atom. The zero-order chi connectivity index (χ0) is 16.9. The van der Waals surface area contributed by atoms with Crippen LogP contribution in [-0.2, 0) is 16.1 Å². The molecule has 1 aromatic rings. The Morgan fingerprint density at radius 3 is 2.83 bits per heavy atom. The van der Waals surface area contributed by atoms with E-state index in [-0.39, 0.29) is 12.0 Å². The van der Waals surface area contributed by atoms with Crippen LogP contribution in [0.4, 0.5) is 0 Å². The van der Waals surface area contributed by atoms with E-state index in [9.17, 15) is 4.79 Å². The molecule has 2 atom stereocenters. The summed E-state index contributed by atoms with van der Waals surface area (Å²) in [5.41, 5.74) is 1.04. The molecule has 0 aromatic carbocycles. The Hall–Kier alpha value is -1.53. The minimum Gasteiger partial charge on any atom is -0.381 e. The highest BCUT2D eigenvalue weighted by Crippen LogP contribution is 2.25. The van der Waals surface area contributed by atoms with E-state index in [0.29, 0.717) is 12.3 Å². The molecular weight excluding hydrogens is 304 g/mol. The molecule has 0 unspecified atom stereocenters. The number of aryl methyl sites for hydroxylation is 1. The van der Waals surface area contributed by atoms with Crippen LogP contribution in [0.15, 0.2) is 12.3 Å². The lowest BCUT2D eigenvalue weighted by atomic mass is 9.91. The number of carbonyl (C=O) groups excluding carboxylic acids is 1. The number of nitrogens with zero attached hydrogens (tertiary/aromatic N) is 4. The lowest BCUT2D eigenvalue weighted by Gasteiger charge is -2.38. The number of likely N-dealkylation sites (tertiary alicyclic amines) is 2. The SMILES string of the molecule is CO[C@@H]1CCN(Cc2ccnc(C)n2)C[C@H]1CC(=O)N1CCCC1. The van der Waals surface area contributed by atoms with Crippen molar-refractivity contribution in [2.75, 3.05) is 33.3 Å². The molecular formula is C18H28N4O2. The van der Waals surface area contributed by atoms with Gasteiger partial charge in [0, 0.05) is 58.4 Å². The summed E-state index contributed by atoms with van der Waals surface area (Å²) in [5, 5.41) is 0. The molecule has 0 aliphatic carbocycles. The van der Waals surface area contributed by atoms with Crippen molar-refractivity contribution in [1.82, 2.24) is 19.8 Å². The van der Waals surface area contributed by atoms with Crippen molar-refractivity contribution < 1.29 is 9.53 Å². The van der Waals surface area contributed by atoms with E-state index in [4.69, 9.17) is 4.74 Å². The van der Waals surface area contributed by atoms with Gasteiger partial charge in [-0.25, -0.2) is 9.97 Å². The van der Waals surface area contributed by atoms with Gasteiger partial charge in [0.25, 0.3) is 0 Å². The molecule has 3 heterocycles. The van der Waals surface area contributed by atoms with Gasteiger partial charge in [0.15, 0.2) is 0 Å². The number of rotatable bonds is 5. The fourth-order valence-corrected chi connectivity index (χ4v) is 3.88. The first-order chi connectivity index (χ1) is 11.7. The molecule has 6 heteroatoms. The lowest BCUT2D eigenvalue weighted by Crippen LogP contribution is -2.45. The highest BCUT2D eigenvalue weighted by Gasteiger charge is 2.32. The summed E-state index contributed by atoms with van der Waals surface area (Å²) >= 11 is 0. The molecule has 1 aromatic heterocycles. The molecule has 0 radical (unpaired) electrons. The van der Waals surface area contributed by atoms with Crippen LogP contribution in [0.3, 0.4) is 0 Å². The van der Waals surface area contributed by atoms with Crippen LogP contribution in [0.25, 0.3) is 0 Å². The molecule has 2 saturated heterocycles. The van der Waals surface area contributed by atoms with Crippen LogP contribution in [0.5, 0.6) is 0 Å². The van der Waals surface area contributed by atoms with Crippen molar-refractivity contribution in [2.24, 2.45) is 5.92 Å².